The molecule has 4 rings (SSSR count). The maximum Gasteiger partial charge on any atom is 0.329 e. The topological polar surface area (TPSA) is 137 Å². The second kappa shape index (κ2) is 6.72. The van der Waals surface area contributed by atoms with Gasteiger partial charge in [-0.15, -0.1) is 0 Å². The summed E-state index contributed by atoms with van der Waals surface area (Å²) in [6, 6.07) is 8.82. The molecule has 2 aromatic heterocycles. The third-order valence-corrected chi connectivity index (χ3v) is 4.29. The van der Waals surface area contributed by atoms with Gasteiger partial charge >= 0.3 is 5.69 Å². The van der Waals surface area contributed by atoms with Crippen LogP contribution in [0.1, 0.15) is 17.0 Å². The Morgan fingerprint density at radius 2 is 2.11 bits per heavy atom. The highest BCUT2D eigenvalue weighted by Crippen LogP contribution is 2.30. The number of fused-ring (bicyclic) bond motifs is 1. The molecule has 10 heteroatoms. The summed E-state index contributed by atoms with van der Waals surface area (Å²) in [6.45, 7) is 1.04. The zero-order chi connectivity index (χ0) is 18.8. The lowest BCUT2D eigenvalue weighted by Crippen LogP contribution is -2.32. The molecule has 134 valence electrons. The smallest absolute Gasteiger partial charge is 0.329 e. The van der Waals surface area contributed by atoms with Gasteiger partial charge in [0.15, 0.2) is 0 Å². The molecule has 0 saturated carbocycles. The molecular weight excluding hydrogens is 348 g/mol. The number of hydrogen-bond donors (Lipinski definition) is 2. The van der Waals surface area contributed by atoms with E-state index in [1.807, 2.05) is 11.0 Å². The molecule has 0 aliphatic carbocycles. The maximum atomic E-state index is 11.4. The SMILES string of the molecule is N#Cc1ccc(Nc2ncc([N+](=O)[O-])c(N3CCc4nc[nH]c4C3)n2)cc1. The molecule has 2 N–H and O–H groups in total. The fourth-order valence-corrected chi connectivity index (χ4v) is 2.94. The largest absolute Gasteiger partial charge is 0.347 e. The van der Waals surface area contributed by atoms with Gasteiger partial charge in [0.2, 0.25) is 11.8 Å². The van der Waals surface area contributed by atoms with Crippen molar-refractivity contribution < 1.29 is 4.92 Å². The lowest BCUT2D eigenvalue weighted by Gasteiger charge is -2.26. The van der Waals surface area contributed by atoms with Gasteiger partial charge in [-0.1, -0.05) is 0 Å². The Balaban J connectivity index is 1.64. The number of nitrogens with zero attached hydrogens (tertiary/aromatic N) is 6. The molecule has 1 aromatic carbocycles. The van der Waals surface area contributed by atoms with Crippen LogP contribution in [-0.2, 0) is 13.0 Å². The van der Waals surface area contributed by atoms with Crippen LogP contribution in [0.5, 0.6) is 0 Å². The highest BCUT2D eigenvalue weighted by atomic mass is 16.6. The van der Waals surface area contributed by atoms with Crippen LogP contribution < -0.4 is 10.2 Å². The average Bonchev–Trinajstić information content (AvgIpc) is 3.16. The Kier molecular flexibility index (Phi) is 4.10. The zero-order valence-electron chi connectivity index (χ0n) is 14.1. The highest BCUT2D eigenvalue weighted by Gasteiger charge is 2.27. The molecule has 3 heterocycles. The van der Waals surface area contributed by atoms with Gasteiger partial charge in [-0.3, -0.25) is 10.1 Å². The van der Waals surface area contributed by atoms with Crippen molar-refractivity contribution in [3.8, 4) is 6.07 Å². The number of benzene rings is 1. The van der Waals surface area contributed by atoms with E-state index in [1.54, 1.807) is 30.6 Å². The van der Waals surface area contributed by atoms with Crippen LogP contribution in [0, 0.1) is 21.4 Å². The summed E-state index contributed by atoms with van der Waals surface area (Å²) >= 11 is 0. The van der Waals surface area contributed by atoms with Crippen LogP contribution in [0.4, 0.5) is 23.1 Å². The van der Waals surface area contributed by atoms with Crippen molar-refractivity contribution >= 4 is 23.1 Å². The van der Waals surface area contributed by atoms with E-state index in [1.165, 1.54) is 6.20 Å². The molecule has 1 aliphatic rings. The minimum Gasteiger partial charge on any atom is -0.347 e. The average molecular weight is 362 g/mol. The molecule has 0 fully saturated rings. The van der Waals surface area contributed by atoms with Crippen LogP contribution in [0.2, 0.25) is 0 Å². The van der Waals surface area contributed by atoms with Crippen molar-refractivity contribution in [1.29, 1.82) is 5.26 Å². The third kappa shape index (κ3) is 3.25. The van der Waals surface area contributed by atoms with Crippen LogP contribution in [0.15, 0.2) is 36.8 Å². The molecule has 0 spiro atoms. The minimum absolute atomic E-state index is 0.150. The van der Waals surface area contributed by atoms with E-state index >= 15 is 0 Å². The molecule has 0 amide bonds. The molecule has 3 aromatic rings. The normalized spacial score (nSPS) is 12.9. The van der Waals surface area contributed by atoms with E-state index < -0.39 is 4.92 Å². The van der Waals surface area contributed by atoms with E-state index in [2.05, 4.69) is 25.3 Å². The van der Waals surface area contributed by atoms with Gasteiger partial charge in [-0.2, -0.15) is 10.2 Å². The van der Waals surface area contributed by atoms with E-state index in [9.17, 15) is 10.1 Å². The number of hydrogen-bond acceptors (Lipinski definition) is 8. The number of aromatic nitrogens is 4. The van der Waals surface area contributed by atoms with Gasteiger partial charge in [0.05, 0.1) is 40.8 Å². The molecule has 10 nitrogen and oxygen atoms in total. The highest BCUT2D eigenvalue weighted by molar-refractivity contribution is 5.62. The molecule has 0 saturated heterocycles. The molecule has 0 unspecified atom stereocenters. The molecule has 27 heavy (non-hydrogen) atoms. The van der Waals surface area contributed by atoms with Gasteiger partial charge in [-0.25, -0.2) is 9.97 Å². The summed E-state index contributed by atoms with van der Waals surface area (Å²) in [5, 5.41) is 23.3. The van der Waals surface area contributed by atoms with Gasteiger partial charge < -0.3 is 15.2 Å². The zero-order valence-corrected chi connectivity index (χ0v) is 14.1. The van der Waals surface area contributed by atoms with Crippen LogP contribution in [-0.4, -0.2) is 31.4 Å². The van der Waals surface area contributed by atoms with Gasteiger partial charge in [0, 0.05) is 18.7 Å². The monoisotopic (exact) mass is 362 g/mol. The number of rotatable bonds is 4. The third-order valence-electron chi connectivity index (χ3n) is 4.29. The Morgan fingerprint density at radius 3 is 2.85 bits per heavy atom. The predicted octanol–water partition coefficient (Wildman–Crippen LogP) is 2.29. The number of aromatic amines is 1. The number of nitro groups is 1. The number of imidazole rings is 1. The van der Waals surface area contributed by atoms with Gasteiger partial charge in [0.25, 0.3) is 0 Å². The Labute approximate surface area is 153 Å². The number of anilines is 3. The molecule has 0 radical (unpaired) electrons. The van der Waals surface area contributed by atoms with E-state index in [0.29, 0.717) is 30.8 Å². The fourth-order valence-electron chi connectivity index (χ4n) is 2.94. The Hall–Kier alpha value is -4.00. The van der Waals surface area contributed by atoms with E-state index in [0.717, 1.165) is 11.4 Å². The minimum atomic E-state index is -0.483. The number of nitrogens with one attached hydrogen (secondary N) is 2. The van der Waals surface area contributed by atoms with Crippen molar-refractivity contribution in [2.24, 2.45) is 0 Å². The van der Waals surface area contributed by atoms with Crippen molar-refractivity contribution in [1.82, 2.24) is 19.9 Å². The summed E-state index contributed by atoms with van der Waals surface area (Å²) < 4.78 is 0. The summed E-state index contributed by atoms with van der Waals surface area (Å²) in [5.74, 6) is 0.502. The van der Waals surface area contributed by atoms with Crippen molar-refractivity contribution in [2.45, 2.75) is 13.0 Å². The van der Waals surface area contributed by atoms with Crippen molar-refractivity contribution in [3.05, 3.63) is 63.9 Å². The van der Waals surface area contributed by atoms with Crippen LogP contribution in [0.3, 0.4) is 0 Å². The van der Waals surface area contributed by atoms with Crippen molar-refractivity contribution in [2.75, 3.05) is 16.8 Å². The van der Waals surface area contributed by atoms with E-state index in [-0.39, 0.29) is 17.5 Å². The first-order valence-corrected chi connectivity index (χ1v) is 8.19. The van der Waals surface area contributed by atoms with Crippen molar-refractivity contribution in [3.63, 3.8) is 0 Å². The Bertz CT molecular complexity index is 1040. The summed E-state index contributed by atoms with van der Waals surface area (Å²) in [6.07, 6.45) is 3.51. The van der Waals surface area contributed by atoms with E-state index in [4.69, 9.17) is 5.26 Å². The Morgan fingerprint density at radius 1 is 1.30 bits per heavy atom. The summed E-state index contributed by atoms with van der Waals surface area (Å²) in [4.78, 5) is 28.5. The predicted molar refractivity (Wildman–Crippen MR) is 96.5 cm³/mol. The second-order valence-electron chi connectivity index (χ2n) is 5.97. The molecule has 0 atom stereocenters. The number of H-pyrrole nitrogens is 1. The van der Waals surface area contributed by atoms with Gasteiger partial charge in [-0.05, 0) is 24.3 Å². The lowest BCUT2D eigenvalue weighted by atomic mass is 10.1. The summed E-state index contributed by atoms with van der Waals surface area (Å²) in [5.41, 5.74) is 2.97. The first-order valence-electron chi connectivity index (χ1n) is 8.19. The molecule has 0 bridgehead atoms. The first-order chi connectivity index (χ1) is 13.1. The molecule has 1 aliphatic heterocycles. The fraction of sp³-hybridized carbons (Fsp3) is 0.176. The standard InChI is InChI=1S/C17H14N8O2/c18-7-11-1-3-12(4-2-11)22-17-19-8-15(25(26)27)16(23-17)24-6-5-13-14(9-24)21-10-20-13/h1-4,8,10H,5-6,9H2,(H,20,21)(H,19,22,23). The lowest BCUT2D eigenvalue weighted by molar-refractivity contribution is -0.384. The first kappa shape index (κ1) is 16.5. The quantitative estimate of drug-likeness (QED) is 0.533. The van der Waals surface area contributed by atoms with Crippen LogP contribution in [0.25, 0.3) is 0 Å². The van der Waals surface area contributed by atoms with Crippen LogP contribution >= 0.6 is 0 Å². The maximum absolute atomic E-state index is 11.4. The number of nitriles is 1. The van der Waals surface area contributed by atoms with Gasteiger partial charge in [0.1, 0.15) is 6.20 Å². The summed E-state index contributed by atoms with van der Waals surface area (Å²) in [7, 11) is 0. The second-order valence-corrected chi connectivity index (χ2v) is 5.97. The molecular formula is C17H14N8O2.